The summed E-state index contributed by atoms with van der Waals surface area (Å²) >= 11 is 0. The highest BCUT2D eigenvalue weighted by Crippen LogP contribution is 2.16. The fraction of sp³-hybridized carbons (Fsp3) is 0.667. The van der Waals surface area contributed by atoms with Crippen LogP contribution in [0.4, 0.5) is 0 Å². The molecule has 0 saturated heterocycles. The minimum absolute atomic E-state index is 0.0178. The molecule has 0 aliphatic carbocycles. The molecule has 0 aliphatic rings. The highest BCUT2D eigenvalue weighted by molar-refractivity contribution is 5.79. The summed E-state index contributed by atoms with van der Waals surface area (Å²) in [6.07, 6.45) is 1.79. The van der Waals surface area contributed by atoms with E-state index in [9.17, 15) is 4.79 Å². The average molecular weight is 238 g/mol. The van der Waals surface area contributed by atoms with Gasteiger partial charge in [-0.2, -0.15) is 5.10 Å². The van der Waals surface area contributed by atoms with Gasteiger partial charge in [-0.05, 0) is 20.8 Å². The molecule has 1 aromatic heterocycles. The standard InChI is InChI=1S/C12H22N4O/c1-7(8(2)13)12(17)15-9(3)11-6-14-16(5)10(11)4/h6-9H,13H2,1-5H3,(H,15,17). The number of aryl methyl sites for hydroxylation is 1. The van der Waals surface area contributed by atoms with Crippen LogP contribution in [0.25, 0.3) is 0 Å². The van der Waals surface area contributed by atoms with Crippen molar-refractivity contribution in [3.05, 3.63) is 17.5 Å². The molecule has 0 radical (unpaired) electrons. The summed E-state index contributed by atoms with van der Waals surface area (Å²) in [6, 6.07) is -0.186. The zero-order chi connectivity index (χ0) is 13.2. The van der Waals surface area contributed by atoms with E-state index in [1.54, 1.807) is 10.9 Å². The van der Waals surface area contributed by atoms with Crippen molar-refractivity contribution in [1.82, 2.24) is 15.1 Å². The van der Waals surface area contributed by atoms with E-state index < -0.39 is 0 Å². The van der Waals surface area contributed by atoms with Crippen LogP contribution in [0, 0.1) is 12.8 Å². The number of rotatable bonds is 4. The number of carbonyl (C=O) groups is 1. The van der Waals surface area contributed by atoms with Gasteiger partial charge in [0.1, 0.15) is 0 Å². The average Bonchev–Trinajstić information content (AvgIpc) is 2.58. The third kappa shape index (κ3) is 3.06. The summed E-state index contributed by atoms with van der Waals surface area (Å²) in [4.78, 5) is 11.9. The molecule has 1 amide bonds. The first-order valence-corrected chi connectivity index (χ1v) is 5.89. The molecule has 0 fully saturated rings. The van der Waals surface area contributed by atoms with Crippen molar-refractivity contribution < 1.29 is 4.79 Å². The van der Waals surface area contributed by atoms with Crippen molar-refractivity contribution in [2.24, 2.45) is 18.7 Å². The Bertz CT molecular complexity index is 397. The molecule has 1 aromatic rings. The van der Waals surface area contributed by atoms with Crippen LogP contribution in [0.2, 0.25) is 0 Å². The predicted molar refractivity (Wildman–Crippen MR) is 67.3 cm³/mol. The van der Waals surface area contributed by atoms with E-state index in [0.717, 1.165) is 11.3 Å². The molecule has 0 bridgehead atoms. The minimum Gasteiger partial charge on any atom is -0.349 e. The quantitative estimate of drug-likeness (QED) is 0.818. The SMILES string of the molecule is Cc1c(C(C)NC(=O)C(C)C(C)N)cnn1C. The molecule has 0 aromatic carbocycles. The molecule has 0 aliphatic heterocycles. The molecule has 3 unspecified atom stereocenters. The van der Waals surface area contributed by atoms with E-state index in [0.29, 0.717) is 0 Å². The summed E-state index contributed by atoms with van der Waals surface area (Å²) in [5.41, 5.74) is 7.81. The Labute approximate surface area is 102 Å². The molecule has 5 heteroatoms. The number of nitrogens with zero attached hydrogens (tertiary/aromatic N) is 2. The second kappa shape index (κ2) is 5.31. The summed E-state index contributed by atoms with van der Waals surface area (Å²) in [7, 11) is 1.89. The van der Waals surface area contributed by atoms with Crippen LogP contribution in [0.5, 0.6) is 0 Å². The Morgan fingerprint density at radius 2 is 2.06 bits per heavy atom. The Hall–Kier alpha value is -1.36. The van der Waals surface area contributed by atoms with Gasteiger partial charge in [0, 0.05) is 30.3 Å². The summed E-state index contributed by atoms with van der Waals surface area (Å²) < 4.78 is 1.80. The van der Waals surface area contributed by atoms with Gasteiger partial charge in [0.2, 0.25) is 5.91 Å². The topological polar surface area (TPSA) is 72.9 Å². The molecule has 0 saturated carbocycles. The predicted octanol–water partition coefficient (Wildman–Crippen LogP) is 0.889. The van der Waals surface area contributed by atoms with E-state index in [1.807, 2.05) is 34.7 Å². The van der Waals surface area contributed by atoms with Crippen molar-refractivity contribution in [2.75, 3.05) is 0 Å². The van der Waals surface area contributed by atoms with Gasteiger partial charge in [0.15, 0.2) is 0 Å². The largest absolute Gasteiger partial charge is 0.349 e. The van der Waals surface area contributed by atoms with Crippen molar-refractivity contribution in [3.63, 3.8) is 0 Å². The van der Waals surface area contributed by atoms with Gasteiger partial charge < -0.3 is 11.1 Å². The number of amides is 1. The lowest BCUT2D eigenvalue weighted by molar-refractivity contribution is -0.125. The summed E-state index contributed by atoms with van der Waals surface area (Å²) in [6.45, 7) is 7.61. The Morgan fingerprint density at radius 1 is 1.47 bits per heavy atom. The van der Waals surface area contributed by atoms with E-state index in [1.165, 1.54) is 0 Å². The zero-order valence-electron chi connectivity index (χ0n) is 11.2. The van der Waals surface area contributed by atoms with Gasteiger partial charge in [0.05, 0.1) is 12.2 Å². The lowest BCUT2D eigenvalue weighted by atomic mass is 10.0. The number of hydrogen-bond acceptors (Lipinski definition) is 3. The van der Waals surface area contributed by atoms with Crippen LogP contribution in [-0.2, 0) is 11.8 Å². The molecule has 3 N–H and O–H groups in total. The zero-order valence-corrected chi connectivity index (χ0v) is 11.2. The number of hydrogen-bond donors (Lipinski definition) is 2. The number of nitrogens with two attached hydrogens (primary N) is 1. The van der Waals surface area contributed by atoms with Crippen molar-refractivity contribution in [3.8, 4) is 0 Å². The molecule has 5 nitrogen and oxygen atoms in total. The maximum Gasteiger partial charge on any atom is 0.224 e. The molecule has 0 spiro atoms. The van der Waals surface area contributed by atoms with E-state index in [2.05, 4.69) is 10.4 Å². The van der Waals surface area contributed by atoms with E-state index in [4.69, 9.17) is 5.73 Å². The number of nitrogens with one attached hydrogen (secondary N) is 1. The smallest absolute Gasteiger partial charge is 0.224 e. The third-order valence-electron chi connectivity index (χ3n) is 3.30. The van der Waals surface area contributed by atoms with Crippen molar-refractivity contribution >= 4 is 5.91 Å². The first-order chi connectivity index (χ1) is 7.84. The summed E-state index contributed by atoms with van der Waals surface area (Å²) in [5.74, 6) is -0.204. The number of carbonyl (C=O) groups excluding carboxylic acids is 1. The Morgan fingerprint density at radius 3 is 2.47 bits per heavy atom. The third-order valence-corrected chi connectivity index (χ3v) is 3.30. The highest BCUT2D eigenvalue weighted by Gasteiger charge is 2.20. The highest BCUT2D eigenvalue weighted by atomic mass is 16.1. The second-order valence-electron chi connectivity index (χ2n) is 4.69. The van der Waals surface area contributed by atoms with Crippen LogP contribution in [-0.4, -0.2) is 21.7 Å². The van der Waals surface area contributed by atoms with Gasteiger partial charge in [-0.1, -0.05) is 6.92 Å². The van der Waals surface area contributed by atoms with Gasteiger partial charge in [-0.25, -0.2) is 0 Å². The van der Waals surface area contributed by atoms with Crippen LogP contribution in [0.3, 0.4) is 0 Å². The molecule has 3 atom stereocenters. The first kappa shape index (κ1) is 13.7. The van der Waals surface area contributed by atoms with Gasteiger partial charge in [0.25, 0.3) is 0 Å². The molecular weight excluding hydrogens is 216 g/mol. The number of aromatic nitrogens is 2. The minimum atomic E-state index is -0.186. The fourth-order valence-corrected chi connectivity index (χ4v) is 1.60. The van der Waals surface area contributed by atoms with E-state index >= 15 is 0 Å². The van der Waals surface area contributed by atoms with Crippen LogP contribution >= 0.6 is 0 Å². The van der Waals surface area contributed by atoms with Crippen LogP contribution in [0.15, 0.2) is 6.20 Å². The summed E-state index contributed by atoms with van der Waals surface area (Å²) in [5, 5.41) is 7.12. The monoisotopic (exact) mass is 238 g/mol. The molecule has 1 rings (SSSR count). The molecular formula is C12H22N4O. The fourth-order valence-electron chi connectivity index (χ4n) is 1.60. The van der Waals surface area contributed by atoms with Gasteiger partial charge >= 0.3 is 0 Å². The first-order valence-electron chi connectivity index (χ1n) is 5.89. The Kier molecular flexibility index (Phi) is 4.28. The lowest BCUT2D eigenvalue weighted by Gasteiger charge is -2.19. The van der Waals surface area contributed by atoms with Gasteiger partial charge in [-0.3, -0.25) is 9.48 Å². The lowest BCUT2D eigenvalue weighted by Crippen LogP contribution is -2.39. The van der Waals surface area contributed by atoms with Crippen LogP contribution < -0.4 is 11.1 Å². The van der Waals surface area contributed by atoms with Gasteiger partial charge in [-0.15, -0.1) is 0 Å². The molecule has 96 valence electrons. The Balaban J connectivity index is 2.70. The van der Waals surface area contributed by atoms with Crippen molar-refractivity contribution in [1.29, 1.82) is 0 Å². The molecule has 17 heavy (non-hydrogen) atoms. The maximum atomic E-state index is 11.9. The van der Waals surface area contributed by atoms with E-state index in [-0.39, 0.29) is 23.9 Å². The van der Waals surface area contributed by atoms with Crippen molar-refractivity contribution in [2.45, 2.75) is 39.8 Å². The van der Waals surface area contributed by atoms with Crippen LogP contribution in [0.1, 0.15) is 38.1 Å². The normalized spacial score (nSPS) is 16.4. The second-order valence-corrected chi connectivity index (χ2v) is 4.69. The molecule has 1 heterocycles. The maximum absolute atomic E-state index is 11.9.